The van der Waals surface area contributed by atoms with Gasteiger partial charge in [-0.2, -0.15) is 5.10 Å². The molecule has 0 aliphatic rings. The Morgan fingerprint density at radius 2 is 2.06 bits per heavy atom. The van der Waals surface area contributed by atoms with Crippen molar-refractivity contribution in [3.05, 3.63) is 46.0 Å². The topological polar surface area (TPSA) is 56.7 Å². The van der Waals surface area contributed by atoms with Gasteiger partial charge >= 0.3 is 0 Å². The maximum absolute atomic E-state index is 6.13. The van der Waals surface area contributed by atoms with E-state index in [9.17, 15) is 0 Å². The zero-order valence-electron chi connectivity index (χ0n) is 10.8. The smallest absolute Gasteiger partial charge is 0.147 e. The first-order valence-electron chi connectivity index (χ1n) is 5.90. The molecule has 2 rings (SSSR count). The summed E-state index contributed by atoms with van der Waals surface area (Å²) >= 11 is 3.49. The molecule has 0 spiro atoms. The average Bonchev–Trinajstić information content (AvgIpc) is 2.58. The van der Waals surface area contributed by atoms with Gasteiger partial charge in [-0.05, 0) is 38.5 Å². The van der Waals surface area contributed by atoms with E-state index in [-0.39, 0.29) is 12.1 Å². The fourth-order valence-electron chi connectivity index (χ4n) is 2.16. The fraction of sp³-hybridized carbons (Fsp3) is 0.385. The minimum atomic E-state index is -0.0425. The summed E-state index contributed by atoms with van der Waals surface area (Å²) in [6, 6.07) is 8.11. The summed E-state index contributed by atoms with van der Waals surface area (Å²) < 4.78 is 2.95. The van der Waals surface area contributed by atoms with Crippen molar-refractivity contribution in [1.82, 2.24) is 14.8 Å². The number of nitrogens with two attached hydrogens (primary N) is 1. The number of benzene rings is 1. The number of hydrogen-bond acceptors (Lipinski definition) is 3. The van der Waals surface area contributed by atoms with Gasteiger partial charge in [-0.1, -0.05) is 28.1 Å². The maximum Gasteiger partial charge on any atom is 0.147 e. The monoisotopic (exact) mass is 308 g/mol. The minimum absolute atomic E-state index is 0.00343. The molecule has 0 saturated heterocycles. The highest BCUT2D eigenvalue weighted by molar-refractivity contribution is 9.10. The molecule has 96 valence electrons. The van der Waals surface area contributed by atoms with Gasteiger partial charge in [-0.3, -0.25) is 0 Å². The Morgan fingerprint density at radius 3 is 2.56 bits per heavy atom. The van der Waals surface area contributed by atoms with Gasteiger partial charge in [0.15, 0.2) is 0 Å². The summed E-state index contributed by atoms with van der Waals surface area (Å²) in [6.45, 7) is 5.83. The van der Waals surface area contributed by atoms with Crippen LogP contribution in [0.1, 0.15) is 30.2 Å². The van der Waals surface area contributed by atoms with Gasteiger partial charge in [-0.25, -0.2) is 9.67 Å². The predicted molar refractivity (Wildman–Crippen MR) is 75.4 cm³/mol. The summed E-state index contributed by atoms with van der Waals surface area (Å²) in [6.07, 6.45) is 0. The summed E-state index contributed by atoms with van der Waals surface area (Å²) in [4.78, 5) is 4.35. The normalized spacial score (nSPS) is 14.5. The average molecular weight is 309 g/mol. The first kappa shape index (κ1) is 13.2. The lowest BCUT2D eigenvalue weighted by molar-refractivity contribution is 0.442. The molecule has 0 aliphatic heterocycles. The van der Waals surface area contributed by atoms with E-state index in [1.165, 1.54) is 0 Å². The first-order chi connectivity index (χ1) is 8.49. The lowest BCUT2D eigenvalue weighted by Crippen LogP contribution is -2.31. The molecular formula is C13H17BrN4. The molecule has 2 atom stereocenters. The molecule has 2 N–H and O–H groups in total. The van der Waals surface area contributed by atoms with Crippen molar-refractivity contribution in [3.63, 3.8) is 0 Å². The Morgan fingerprint density at radius 1 is 1.33 bits per heavy atom. The van der Waals surface area contributed by atoms with Crippen LogP contribution in [0, 0.1) is 13.8 Å². The molecular weight excluding hydrogens is 292 g/mol. The summed E-state index contributed by atoms with van der Waals surface area (Å²) in [5.74, 6) is 1.66. The van der Waals surface area contributed by atoms with Crippen molar-refractivity contribution < 1.29 is 0 Å². The third kappa shape index (κ3) is 2.62. The maximum atomic E-state index is 6.13. The fourth-order valence-corrected chi connectivity index (χ4v) is 2.57. The van der Waals surface area contributed by atoms with Crippen LogP contribution in [0.2, 0.25) is 0 Å². The second-order valence-electron chi connectivity index (χ2n) is 4.51. The van der Waals surface area contributed by atoms with Gasteiger partial charge in [-0.15, -0.1) is 0 Å². The quantitative estimate of drug-likeness (QED) is 0.948. The van der Waals surface area contributed by atoms with E-state index < -0.39 is 0 Å². The second kappa shape index (κ2) is 5.20. The van der Waals surface area contributed by atoms with Gasteiger partial charge in [0.25, 0.3) is 0 Å². The van der Waals surface area contributed by atoms with Crippen molar-refractivity contribution in [1.29, 1.82) is 0 Å². The van der Waals surface area contributed by atoms with Crippen LogP contribution in [-0.4, -0.2) is 20.8 Å². The van der Waals surface area contributed by atoms with Crippen molar-refractivity contribution in [2.75, 3.05) is 0 Å². The molecule has 2 unspecified atom stereocenters. The van der Waals surface area contributed by atoms with Crippen LogP contribution in [0.15, 0.2) is 28.7 Å². The molecule has 1 aromatic heterocycles. The highest BCUT2D eigenvalue weighted by Gasteiger charge is 2.21. The number of hydrogen-bond donors (Lipinski definition) is 1. The van der Waals surface area contributed by atoms with E-state index >= 15 is 0 Å². The molecule has 5 heteroatoms. The molecule has 0 fully saturated rings. The number of halogens is 1. The molecule has 1 aromatic carbocycles. The van der Waals surface area contributed by atoms with E-state index in [4.69, 9.17) is 5.73 Å². The van der Waals surface area contributed by atoms with Crippen LogP contribution in [0.3, 0.4) is 0 Å². The Bertz CT molecular complexity index is 548. The first-order valence-corrected chi connectivity index (χ1v) is 6.69. The van der Waals surface area contributed by atoms with E-state index in [0.29, 0.717) is 0 Å². The Labute approximate surface area is 115 Å². The second-order valence-corrected chi connectivity index (χ2v) is 5.43. The van der Waals surface area contributed by atoms with Crippen LogP contribution in [-0.2, 0) is 0 Å². The highest BCUT2D eigenvalue weighted by atomic mass is 79.9. The highest BCUT2D eigenvalue weighted by Crippen LogP contribution is 2.24. The SMILES string of the molecule is Cc1nc(C)n(C(c2cccc(Br)c2)C(C)N)n1. The van der Waals surface area contributed by atoms with Gasteiger partial charge in [0.2, 0.25) is 0 Å². The third-order valence-corrected chi connectivity index (χ3v) is 3.35. The lowest BCUT2D eigenvalue weighted by atomic mass is 10.0. The van der Waals surface area contributed by atoms with E-state index in [0.717, 1.165) is 21.7 Å². The Kier molecular flexibility index (Phi) is 3.82. The largest absolute Gasteiger partial charge is 0.326 e. The molecule has 0 saturated carbocycles. The number of nitrogens with zero attached hydrogens (tertiary/aromatic N) is 3. The van der Waals surface area contributed by atoms with Gasteiger partial charge < -0.3 is 5.73 Å². The molecule has 0 amide bonds. The summed E-state index contributed by atoms with van der Waals surface area (Å²) in [5.41, 5.74) is 7.26. The zero-order valence-corrected chi connectivity index (χ0v) is 12.3. The third-order valence-electron chi connectivity index (χ3n) is 2.86. The number of aryl methyl sites for hydroxylation is 2. The minimum Gasteiger partial charge on any atom is -0.326 e. The van der Waals surface area contributed by atoms with Crippen molar-refractivity contribution in [2.24, 2.45) is 5.73 Å². The number of aromatic nitrogens is 3. The number of rotatable bonds is 3. The summed E-state index contributed by atoms with van der Waals surface area (Å²) in [5, 5.41) is 4.45. The molecule has 1 heterocycles. The molecule has 4 nitrogen and oxygen atoms in total. The molecule has 0 bridgehead atoms. The van der Waals surface area contributed by atoms with Gasteiger partial charge in [0, 0.05) is 10.5 Å². The van der Waals surface area contributed by atoms with E-state index in [2.05, 4.69) is 38.1 Å². The Hall–Kier alpha value is -1.20. The summed E-state index contributed by atoms with van der Waals surface area (Å²) in [7, 11) is 0. The van der Waals surface area contributed by atoms with Gasteiger partial charge in [0.1, 0.15) is 11.6 Å². The van der Waals surface area contributed by atoms with Crippen LogP contribution in [0.25, 0.3) is 0 Å². The van der Waals surface area contributed by atoms with Crippen molar-refractivity contribution in [2.45, 2.75) is 32.9 Å². The molecule has 0 aliphatic carbocycles. The van der Waals surface area contributed by atoms with Gasteiger partial charge in [0.05, 0.1) is 6.04 Å². The van der Waals surface area contributed by atoms with Crippen LogP contribution in [0.4, 0.5) is 0 Å². The van der Waals surface area contributed by atoms with E-state index in [1.54, 1.807) is 0 Å². The predicted octanol–water partition coefficient (Wildman–Crippen LogP) is 2.59. The molecule has 2 aromatic rings. The van der Waals surface area contributed by atoms with Crippen molar-refractivity contribution >= 4 is 15.9 Å². The zero-order chi connectivity index (χ0) is 13.3. The molecule has 18 heavy (non-hydrogen) atoms. The van der Waals surface area contributed by atoms with Crippen molar-refractivity contribution in [3.8, 4) is 0 Å². The van der Waals surface area contributed by atoms with E-state index in [1.807, 2.05) is 37.6 Å². The standard InChI is InChI=1S/C13H17BrN4/c1-8(15)13(11-5-4-6-12(14)7-11)18-10(3)16-9(2)17-18/h4-8,13H,15H2,1-3H3. The van der Waals surface area contributed by atoms with Crippen LogP contribution >= 0.6 is 15.9 Å². The lowest BCUT2D eigenvalue weighted by Gasteiger charge is -2.22. The molecule has 0 radical (unpaired) electrons. The van der Waals surface area contributed by atoms with Crippen LogP contribution in [0.5, 0.6) is 0 Å². The van der Waals surface area contributed by atoms with Crippen LogP contribution < -0.4 is 5.73 Å². The Balaban J connectivity index is 2.50.